The van der Waals surface area contributed by atoms with Gasteiger partial charge in [0, 0.05) is 16.5 Å². The fourth-order valence-corrected chi connectivity index (χ4v) is 3.54. The smallest absolute Gasteiger partial charge is 0.254 e. The van der Waals surface area contributed by atoms with E-state index in [1.54, 1.807) is 0 Å². The molecule has 0 aliphatic carbocycles. The van der Waals surface area contributed by atoms with Crippen LogP contribution in [0.1, 0.15) is 26.5 Å². The number of carbonyl (C=O) groups excluding carboxylic acids is 1. The molecule has 0 aliphatic heterocycles. The first-order valence-electron chi connectivity index (χ1n) is 7.71. The molecule has 1 heterocycles. The predicted octanol–water partition coefficient (Wildman–Crippen LogP) is 4.64. The molecule has 0 saturated heterocycles. The van der Waals surface area contributed by atoms with Crippen LogP contribution in [0.25, 0.3) is 10.6 Å². The summed E-state index contributed by atoms with van der Waals surface area (Å²) in [6.45, 7) is 4.13. The largest absolute Gasteiger partial charge is 0.347 e. The van der Waals surface area contributed by atoms with Crippen molar-refractivity contribution in [3.8, 4) is 10.6 Å². The lowest BCUT2D eigenvalue weighted by Crippen LogP contribution is -2.23. The van der Waals surface area contributed by atoms with Gasteiger partial charge in [0.1, 0.15) is 16.6 Å². The van der Waals surface area contributed by atoms with Gasteiger partial charge in [-0.3, -0.25) is 4.79 Å². The fraction of sp³-hybridized carbons (Fsp3) is 0.158. The monoisotopic (exact) mass is 358 g/mol. The molecule has 0 aliphatic rings. The lowest BCUT2D eigenvalue weighted by Gasteiger charge is -2.05. The average Bonchev–Trinajstić information content (AvgIpc) is 2.94. The molecule has 0 saturated carbocycles. The molecule has 1 amide bonds. The molecule has 3 aromatic rings. The number of hydrogen-bond donors (Lipinski definition) is 1. The summed E-state index contributed by atoms with van der Waals surface area (Å²) in [6, 6.07) is 10.8. The van der Waals surface area contributed by atoms with E-state index in [0.29, 0.717) is 6.07 Å². The van der Waals surface area contributed by atoms with Crippen molar-refractivity contribution < 1.29 is 13.6 Å². The molecule has 1 aromatic heterocycles. The summed E-state index contributed by atoms with van der Waals surface area (Å²) < 4.78 is 26.6. The van der Waals surface area contributed by atoms with Crippen LogP contribution < -0.4 is 5.32 Å². The third kappa shape index (κ3) is 3.74. The van der Waals surface area contributed by atoms with Crippen LogP contribution in [0.3, 0.4) is 0 Å². The van der Waals surface area contributed by atoms with Gasteiger partial charge in [0.05, 0.1) is 17.8 Å². The maximum atomic E-state index is 13.7. The molecule has 3 rings (SSSR count). The van der Waals surface area contributed by atoms with Gasteiger partial charge in [0.15, 0.2) is 0 Å². The Labute approximate surface area is 148 Å². The summed E-state index contributed by atoms with van der Waals surface area (Å²) in [7, 11) is 0. The average molecular weight is 358 g/mol. The van der Waals surface area contributed by atoms with E-state index in [1.165, 1.54) is 11.3 Å². The van der Waals surface area contributed by atoms with Crippen LogP contribution in [0.5, 0.6) is 0 Å². The predicted molar refractivity (Wildman–Crippen MR) is 94.6 cm³/mol. The van der Waals surface area contributed by atoms with Gasteiger partial charge >= 0.3 is 0 Å². The lowest BCUT2D eigenvalue weighted by atomic mass is 10.1. The van der Waals surface area contributed by atoms with Crippen molar-refractivity contribution in [3.63, 3.8) is 0 Å². The van der Waals surface area contributed by atoms with Crippen molar-refractivity contribution in [2.24, 2.45) is 0 Å². The van der Waals surface area contributed by atoms with Crippen LogP contribution >= 0.6 is 11.3 Å². The quantitative estimate of drug-likeness (QED) is 0.738. The number of nitrogens with one attached hydrogen (secondary N) is 1. The number of halogens is 2. The minimum atomic E-state index is -0.876. The Morgan fingerprint density at radius 3 is 2.64 bits per heavy atom. The van der Waals surface area contributed by atoms with Gasteiger partial charge in [-0.1, -0.05) is 24.3 Å². The van der Waals surface area contributed by atoms with E-state index in [0.717, 1.165) is 38.8 Å². The number of amides is 1. The number of aromatic nitrogens is 1. The first kappa shape index (κ1) is 17.2. The van der Waals surface area contributed by atoms with Gasteiger partial charge in [0.25, 0.3) is 5.91 Å². The second-order valence-corrected chi connectivity index (χ2v) is 6.73. The lowest BCUT2D eigenvalue weighted by molar-refractivity contribution is 0.0947. The van der Waals surface area contributed by atoms with E-state index in [1.807, 2.05) is 38.1 Å². The number of thiazole rings is 1. The second-order valence-electron chi connectivity index (χ2n) is 5.65. The van der Waals surface area contributed by atoms with Crippen LogP contribution in [-0.2, 0) is 6.54 Å². The highest BCUT2D eigenvalue weighted by molar-refractivity contribution is 7.15. The Morgan fingerprint density at radius 1 is 1.16 bits per heavy atom. The minimum Gasteiger partial charge on any atom is -0.347 e. The zero-order valence-corrected chi connectivity index (χ0v) is 14.6. The maximum Gasteiger partial charge on any atom is 0.254 e. The summed E-state index contributed by atoms with van der Waals surface area (Å²) in [5, 5.41) is 3.55. The fourth-order valence-electron chi connectivity index (χ4n) is 2.45. The highest BCUT2D eigenvalue weighted by atomic mass is 32.1. The highest BCUT2D eigenvalue weighted by Gasteiger charge is 2.15. The van der Waals surface area contributed by atoms with Crippen LogP contribution in [0, 0.1) is 25.5 Å². The first-order valence-corrected chi connectivity index (χ1v) is 8.53. The molecule has 0 spiro atoms. The molecular weight excluding hydrogens is 342 g/mol. The van der Waals surface area contributed by atoms with Crippen LogP contribution in [0.2, 0.25) is 0 Å². The van der Waals surface area contributed by atoms with Gasteiger partial charge in [0.2, 0.25) is 0 Å². The molecule has 6 heteroatoms. The summed E-state index contributed by atoms with van der Waals surface area (Å²) in [4.78, 5) is 17.6. The molecule has 128 valence electrons. The molecule has 25 heavy (non-hydrogen) atoms. The molecular formula is C19H16F2N2OS. The summed E-state index contributed by atoms with van der Waals surface area (Å²) >= 11 is 1.49. The van der Waals surface area contributed by atoms with Crippen molar-refractivity contribution in [1.29, 1.82) is 0 Å². The van der Waals surface area contributed by atoms with Crippen molar-refractivity contribution >= 4 is 17.2 Å². The van der Waals surface area contributed by atoms with Gasteiger partial charge < -0.3 is 5.32 Å². The third-order valence-electron chi connectivity index (χ3n) is 3.85. The van der Waals surface area contributed by atoms with E-state index >= 15 is 0 Å². The zero-order chi connectivity index (χ0) is 18.0. The molecule has 0 radical (unpaired) electrons. The molecule has 0 bridgehead atoms. The summed E-state index contributed by atoms with van der Waals surface area (Å²) in [5.74, 6) is -2.17. The van der Waals surface area contributed by atoms with Gasteiger partial charge in [-0.25, -0.2) is 13.8 Å². The standard InChI is InChI=1S/C19H16F2N2OS/c1-11-5-3-4-6-14(11)19-23-12(2)17(25-19)10-22-18(24)15-8-7-13(20)9-16(15)21/h3-9H,10H2,1-2H3,(H,22,24). The van der Waals surface area contributed by atoms with E-state index in [4.69, 9.17) is 0 Å². The number of aryl methyl sites for hydroxylation is 2. The van der Waals surface area contributed by atoms with Crippen molar-refractivity contribution in [1.82, 2.24) is 10.3 Å². The van der Waals surface area contributed by atoms with E-state index in [-0.39, 0.29) is 12.1 Å². The molecule has 0 fully saturated rings. The molecule has 1 N–H and O–H groups in total. The SMILES string of the molecule is Cc1ccccc1-c1nc(C)c(CNC(=O)c2ccc(F)cc2F)s1. The van der Waals surface area contributed by atoms with E-state index < -0.39 is 17.5 Å². The van der Waals surface area contributed by atoms with E-state index in [2.05, 4.69) is 10.3 Å². The number of rotatable bonds is 4. The van der Waals surface area contributed by atoms with Crippen LogP contribution in [-0.4, -0.2) is 10.9 Å². The number of carbonyl (C=O) groups is 1. The Balaban J connectivity index is 1.76. The highest BCUT2D eigenvalue weighted by Crippen LogP contribution is 2.30. The first-order chi connectivity index (χ1) is 12.0. The molecule has 3 nitrogen and oxygen atoms in total. The molecule has 2 aromatic carbocycles. The van der Waals surface area contributed by atoms with Gasteiger partial charge in [-0.2, -0.15) is 0 Å². The Hall–Kier alpha value is -2.60. The number of nitrogens with zero attached hydrogens (tertiary/aromatic N) is 1. The van der Waals surface area contributed by atoms with Crippen LogP contribution in [0.4, 0.5) is 8.78 Å². The molecule has 0 unspecified atom stereocenters. The summed E-state index contributed by atoms with van der Waals surface area (Å²) in [5.41, 5.74) is 2.82. The van der Waals surface area contributed by atoms with Crippen molar-refractivity contribution in [2.45, 2.75) is 20.4 Å². The Bertz CT molecular complexity index is 937. The third-order valence-corrected chi connectivity index (χ3v) is 5.04. The van der Waals surface area contributed by atoms with Crippen LogP contribution in [0.15, 0.2) is 42.5 Å². The molecule has 0 atom stereocenters. The Kier molecular flexibility index (Phi) is 4.90. The number of benzene rings is 2. The van der Waals surface area contributed by atoms with Crippen molar-refractivity contribution in [3.05, 3.63) is 75.8 Å². The second kappa shape index (κ2) is 7.11. The van der Waals surface area contributed by atoms with E-state index in [9.17, 15) is 13.6 Å². The van der Waals surface area contributed by atoms with Gasteiger partial charge in [-0.15, -0.1) is 11.3 Å². The number of hydrogen-bond acceptors (Lipinski definition) is 3. The van der Waals surface area contributed by atoms with Gasteiger partial charge in [-0.05, 0) is 31.5 Å². The zero-order valence-electron chi connectivity index (χ0n) is 13.8. The Morgan fingerprint density at radius 2 is 1.92 bits per heavy atom. The minimum absolute atomic E-state index is 0.178. The van der Waals surface area contributed by atoms with Crippen molar-refractivity contribution in [2.75, 3.05) is 0 Å². The normalized spacial score (nSPS) is 10.7. The maximum absolute atomic E-state index is 13.7. The summed E-state index contributed by atoms with van der Waals surface area (Å²) in [6.07, 6.45) is 0. The topological polar surface area (TPSA) is 42.0 Å².